The Hall–Kier alpha value is -1.49. The molecule has 5 nitrogen and oxygen atoms in total. The van der Waals surface area contributed by atoms with Gasteiger partial charge in [-0.05, 0) is 19.4 Å². The van der Waals surface area contributed by atoms with Gasteiger partial charge in [-0.25, -0.2) is 4.98 Å². The average Bonchev–Trinajstić information content (AvgIpc) is 2.26. The molecule has 0 aliphatic heterocycles. The van der Waals surface area contributed by atoms with Gasteiger partial charge in [0, 0.05) is 12.7 Å². The minimum atomic E-state index is -0.206. The first kappa shape index (κ1) is 11.6. The minimum Gasteiger partial charge on any atom is -0.350 e. The Kier molecular flexibility index (Phi) is 4.17. The van der Waals surface area contributed by atoms with Gasteiger partial charge in [-0.1, -0.05) is 6.92 Å². The summed E-state index contributed by atoms with van der Waals surface area (Å²) in [6.07, 6.45) is 3.04. The molecule has 1 heterocycles. The molecule has 0 saturated heterocycles. The van der Waals surface area contributed by atoms with Gasteiger partial charge >= 0.3 is 0 Å². The van der Waals surface area contributed by atoms with E-state index in [4.69, 9.17) is 5.73 Å². The van der Waals surface area contributed by atoms with Crippen LogP contribution >= 0.6 is 0 Å². The highest BCUT2D eigenvalue weighted by Gasteiger charge is 2.08. The van der Waals surface area contributed by atoms with Crippen LogP contribution in [0.3, 0.4) is 0 Å². The van der Waals surface area contributed by atoms with Gasteiger partial charge in [0.2, 0.25) is 0 Å². The van der Waals surface area contributed by atoms with Crippen LogP contribution in [0.15, 0.2) is 12.4 Å². The van der Waals surface area contributed by atoms with Crippen molar-refractivity contribution in [2.45, 2.75) is 13.8 Å². The lowest BCUT2D eigenvalue weighted by Gasteiger charge is -2.09. The number of hydrogen-bond donors (Lipinski definition) is 2. The molecule has 0 fully saturated rings. The third-order valence-corrected chi connectivity index (χ3v) is 2.03. The smallest absolute Gasteiger partial charge is 0.271 e. The van der Waals surface area contributed by atoms with Gasteiger partial charge in [0.1, 0.15) is 5.69 Å². The van der Waals surface area contributed by atoms with Gasteiger partial charge in [0.25, 0.3) is 5.91 Å². The fraction of sp³-hybridized carbons (Fsp3) is 0.500. The van der Waals surface area contributed by atoms with E-state index in [2.05, 4.69) is 15.3 Å². The van der Waals surface area contributed by atoms with E-state index in [-0.39, 0.29) is 11.8 Å². The maximum Gasteiger partial charge on any atom is 0.271 e. The van der Waals surface area contributed by atoms with E-state index < -0.39 is 0 Å². The Balaban J connectivity index is 2.50. The number of nitrogens with two attached hydrogens (primary N) is 1. The first-order valence-electron chi connectivity index (χ1n) is 4.90. The second-order valence-corrected chi connectivity index (χ2v) is 3.59. The number of amides is 1. The summed E-state index contributed by atoms with van der Waals surface area (Å²) in [5, 5.41) is 2.75. The number of nitrogens with one attached hydrogen (secondary N) is 1. The van der Waals surface area contributed by atoms with Gasteiger partial charge in [-0.2, -0.15) is 0 Å². The first-order valence-corrected chi connectivity index (χ1v) is 4.90. The van der Waals surface area contributed by atoms with Gasteiger partial charge in [0.05, 0.1) is 11.9 Å². The number of carbonyl (C=O) groups excluding carboxylic acids is 1. The number of carbonyl (C=O) groups is 1. The standard InChI is InChI=1S/C10H16N4O/c1-7(3-11)4-14-10(15)9-6-12-8(2)5-13-9/h5-7H,3-4,11H2,1-2H3,(H,14,15). The molecule has 0 bridgehead atoms. The van der Waals surface area contributed by atoms with Crippen LogP contribution in [0.25, 0.3) is 0 Å². The molecule has 0 spiro atoms. The maximum absolute atomic E-state index is 11.5. The van der Waals surface area contributed by atoms with E-state index in [0.29, 0.717) is 18.8 Å². The molecule has 0 saturated carbocycles. The molecule has 1 aromatic heterocycles. The summed E-state index contributed by atoms with van der Waals surface area (Å²) in [7, 11) is 0. The monoisotopic (exact) mass is 208 g/mol. The number of aryl methyl sites for hydroxylation is 1. The molecule has 1 atom stereocenters. The fourth-order valence-electron chi connectivity index (χ4n) is 0.951. The number of aromatic nitrogens is 2. The normalized spacial score (nSPS) is 12.2. The van der Waals surface area contributed by atoms with Crippen molar-refractivity contribution in [2.24, 2.45) is 11.7 Å². The van der Waals surface area contributed by atoms with Crippen molar-refractivity contribution in [2.75, 3.05) is 13.1 Å². The second-order valence-electron chi connectivity index (χ2n) is 3.59. The highest BCUT2D eigenvalue weighted by atomic mass is 16.1. The average molecular weight is 208 g/mol. The van der Waals surface area contributed by atoms with E-state index in [1.165, 1.54) is 6.20 Å². The number of rotatable bonds is 4. The van der Waals surface area contributed by atoms with Crippen LogP contribution in [-0.4, -0.2) is 29.0 Å². The van der Waals surface area contributed by atoms with Crippen LogP contribution < -0.4 is 11.1 Å². The van der Waals surface area contributed by atoms with Crippen molar-refractivity contribution in [1.82, 2.24) is 15.3 Å². The zero-order valence-corrected chi connectivity index (χ0v) is 9.03. The van der Waals surface area contributed by atoms with Gasteiger partial charge in [-0.3, -0.25) is 9.78 Å². The summed E-state index contributed by atoms with van der Waals surface area (Å²) >= 11 is 0. The van der Waals surface area contributed by atoms with Crippen LogP contribution in [0.2, 0.25) is 0 Å². The predicted molar refractivity (Wildman–Crippen MR) is 57.3 cm³/mol. The Morgan fingerprint density at radius 3 is 2.80 bits per heavy atom. The Morgan fingerprint density at radius 1 is 1.53 bits per heavy atom. The molecule has 0 aliphatic carbocycles. The molecule has 0 radical (unpaired) electrons. The highest BCUT2D eigenvalue weighted by molar-refractivity contribution is 5.91. The summed E-state index contributed by atoms with van der Waals surface area (Å²) in [5.41, 5.74) is 6.57. The number of nitrogens with zero attached hydrogens (tertiary/aromatic N) is 2. The zero-order valence-electron chi connectivity index (χ0n) is 9.03. The quantitative estimate of drug-likeness (QED) is 0.736. The Bertz CT molecular complexity index is 323. The predicted octanol–water partition coefficient (Wildman–Crippen LogP) is 0.110. The summed E-state index contributed by atoms with van der Waals surface area (Å²) in [6.45, 7) is 4.91. The third-order valence-electron chi connectivity index (χ3n) is 2.03. The van der Waals surface area contributed by atoms with Gasteiger partial charge in [-0.15, -0.1) is 0 Å². The van der Waals surface area contributed by atoms with Crippen molar-refractivity contribution in [3.05, 3.63) is 23.8 Å². The van der Waals surface area contributed by atoms with Crippen molar-refractivity contribution in [1.29, 1.82) is 0 Å². The summed E-state index contributed by atoms with van der Waals surface area (Å²) < 4.78 is 0. The SMILES string of the molecule is Cc1cnc(C(=O)NCC(C)CN)cn1. The lowest BCUT2D eigenvalue weighted by Crippen LogP contribution is -2.31. The van der Waals surface area contributed by atoms with Crippen LogP contribution in [-0.2, 0) is 0 Å². The molecular weight excluding hydrogens is 192 g/mol. The molecule has 5 heteroatoms. The van der Waals surface area contributed by atoms with E-state index >= 15 is 0 Å². The lowest BCUT2D eigenvalue weighted by molar-refractivity contribution is 0.0943. The largest absolute Gasteiger partial charge is 0.350 e. The summed E-state index contributed by atoms with van der Waals surface area (Å²) in [6, 6.07) is 0. The summed E-state index contributed by atoms with van der Waals surface area (Å²) in [5.74, 6) is 0.0650. The van der Waals surface area contributed by atoms with E-state index in [0.717, 1.165) is 5.69 Å². The molecule has 15 heavy (non-hydrogen) atoms. The van der Waals surface area contributed by atoms with Crippen LogP contribution in [0.4, 0.5) is 0 Å². The molecule has 3 N–H and O–H groups in total. The summed E-state index contributed by atoms with van der Waals surface area (Å²) in [4.78, 5) is 19.5. The van der Waals surface area contributed by atoms with Crippen LogP contribution in [0.1, 0.15) is 23.1 Å². The number of hydrogen-bond acceptors (Lipinski definition) is 4. The molecule has 1 rings (SSSR count). The maximum atomic E-state index is 11.5. The first-order chi connectivity index (χ1) is 7.13. The zero-order chi connectivity index (χ0) is 11.3. The van der Waals surface area contributed by atoms with Crippen molar-refractivity contribution >= 4 is 5.91 Å². The molecular formula is C10H16N4O. The van der Waals surface area contributed by atoms with Crippen molar-refractivity contribution in [3.63, 3.8) is 0 Å². The fourth-order valence-corrected chi connectivity index (χ4v) is 0.951. The molecule has 0 aliphatic rings. The highest BCUT2D eigenvalue weighted by Crippen LogP contribution is 1.95. The molecule has 1 amide bonds. The van der Waals surface area contributed by atoms with E-state index in [9.17, 15) is 4.79 Å². The Labute approximate surface area is 89.1 Å². The van der Waals surface area contributed by atoms with Crippen molar-refractivity contribution < 1.29 is 4.79 Å². The Morgan fingerprint density at radius 2 is 2.27 bits per heavy atom. The molecule has 82 valence electrons. The molecule has 0 aromatic carbocycles. The van der Waals surface area contributed by atoms with Crippen molar-refractivity contribution in [3.8, 4) is 0 Å². The lowest BCUT2D eigenvalue weighted by atomic mass is 10.2. The third kappa shape index (κ3) is 3.63. The van der Waals surface area contributed by atoms with E-state index in [1.807, 2.05) is 13.8 Å². The topological polar surface area (TPSA) is 80.9 Å². The molecule has 1 aromatic rings. The van der Waals surface area contributed by atoms with Crippen LogP contribution in [0, 0.1) is 12.8 Å². The minimum absolute atomic E-state index is 0.206. The van der Waals surface area contributed by atoms with Gasteiger partial charge < -0.3 is 11.1 Å². The van der Waals surface area contributed by atoms with Gasteiger partial charge in [0.15, 0.2) is 0 Å². The second kappa shape index (κ2) is 5.41. The van der Waals surface area contributed by atoms with Crippen LogP contribution in [0.5, 0.6) is 0 Å². The molecule has 1 unspecified atom stereocenters. The van der Waals surface area contributed by atoms with E-state index in [1.54, 1.807) is 6.20 Å².